The van der Waals surface area contributed by atoms with Crippen molar-refractivity contribution in [3.63, 3.8) is 0 Å². The number of aryl methyl sites for hydroxylation is 1. The van der Waals surface area contributed by atoms with Crippen LogP contribution in [0.2, 0.25) is 10.0 Å². The average molecular weight is 373 g/mol. The van der Waals surface area contributed by atoms with E-state index in [1.54, 1.807) is 12.1 Å². The number of rotatable bonds is 6. The Bertz CT molecular complexity index is 819. The van der Waals surface area contributed by atoms with Crippen LogP contribution in [0.15, 0.2) is 23.0 Å². The zero-order valence-electron chi connectivity index (χ0n) is 12.0. The third kappa shape index (κ3) is 5.46. The van der Waals surface area contributed by atoms with Crippen LogP contribution in [0.25, 0.3) is 0 Å². The Morgan fingerprint density at radius 3 is 2.78 bits per heavy atom. The molecule has 1 amide bonds. The van der Waals surface area contributed by atoms with E-state index in [4.69, 9.17) is 35.4 Å². The number of nitrogens with one attached hydrogen (secondary N) is 3. The molecule has 0 aliphatic heterocycles. The van der Waals surface area contributed by atoms with Crippen LogP contribution in [0.4, 0.5) is 0 Å². The molecule has 23 heavy (non-hydrogen) atoms. The lowest BCUT2D eigenvalue weighted by Gasteiger charge is -2.07. The summed E-state index contributed by atoms with van der Waals surface area (Å²) in [6.45, 7) is 0.446. The van der Waals surface area contributed by atoms with Gasteiger partial charge in [0.25, 0.3) is 5.56 Å². The minimum absolute atomic E-state index is 0.156. The fraction of sp³-hybridized carbons (Fsp3) is 0.286. The van der Waals surface area contributed by atoms with Gasteiger partial charge >= 0.3 is 0 Å². The Balaban J connectivity index is 1.79. The Kier molecular flexibility index (Phi) is 6.32. The predicted molar refractivity (Wildman–Crippen MR) is 91.5 cm³/mol. The molecule has 2 rings (SSSR count). The quantitative estimate of drug-likeness (QED) is 0.679. The summed E-state index contributed by atoms with van der Waals surface area (Å²) in [7, 11) is 0. The van der Waals surface area contributed by atoms with E-state index in [-0.39, 0.29) is 34.8 Å². The van der Waals surface area contributed by atoms with Crippen LogP contribution >= 0.6 is 35.4 Å². The standard InChI is InChI=1S/C14H14Cl2N4O2S/c15-9-2-1-8(10(16)7-9)5-6-17-12(21)4-3-11-13(22)18-14(23)20-19-11/h1-2,7H,3-6H2,(H,17,21)(H2,18,20,22,23). The van der Waals surface area contributed by atoms with Gasteiger partial charge in [0.15, 0.2) is 4.77 Å². The lowest BCUT2D eigenvalue weighted by molar-refractivity contribution is -0.121. The van der Waals surface area contributed by atoms with Gasteiger partial charge in [-0.15, -0.1) is 0 Å². The largest absolute Gasteiger partial charge is 0.356 e. The van der Waals surface area contributed by atoms with Gasteiger partial charge in [0.2, 0.25) is 5.91 Å². The van der Waals surface area contributed by atoms with Crippen molar-refractivity contribution in [1.82, 2.24) is 20.5 Å². The van der Waals surface area contributed by atoms with Crippen molar-refractivity contribution in [3.05, 3.63) is 54.6 Å². The van der Waals surface area contributed by atoms with Gasteiger partial charge in [0.05, 0.1) is 0 Å². The van der Waals surface area contributed by atoms with E-state index >= 15 is 0 Å². The first kappa shape index (κ1) is 17.7. The monoisotopic (exact) mass is 372 g/mol. The summed E-state index contributed by atoms with van der Waals surface area (Å²) in [6.07, 6.45) is 0.989. The molecule has 0 saturated heterocycles. The van der Waals surface area contributed by atoms with Gasteiger partial charge in [0.1, 0.15) is 5.69 Å². The van der Waals surface area contributed by atoms with E-state index in [0.717, 1.165) is 5.56 Å². The molecule has 3 N–H and O–H groups in total. The maximum Gasteiger partial charge on any atom is 0.273 e. The molecular weight excluding hydrogens is 359 g/mol. The van der Waals surface area contributed by atoms with Crippen molar-refractivity contribution in [2.75, 3.05) is 6.54 Å². The molecule has 0 atom stereocenters. The normalized spacial score (nSPS) is 10.5. The first-order chi connectivity index (χ1) is 11.0. The van der Waals surface area contributed by atoms with Crippen molar-refractivity contribution >= 4 is 41.3 Å². The second-order valence-corrected chi connectivity index (χ2v) is 6.04. The number of hydrogen-bond acceptors (Lipinski definition) is 4. The van der Waals surface area contributed by atoms with Gasteiger partial charge < -0.3 is 5.32 Å². The molecule has 1 heterocycles. The molecule has 0 bridgehead atoms. The first-order valence-corrected chi connectivity index (χ1v) is 8.00. The molecule has 6 nitrogen and oxygen atoms in total. The molecule has 122 valence electrons. The number of amides is 1. The van der Waals surface area contributed by atoms with Crippen molar-refractivity contribution in [2.45, 2.75) is 19.3 Å². The van der Waals surface area contributed by atoms with E-state index in [2.05, 4.69) is 20.5 Å². The number of benzene rings is 1. The number of aromatic amines is 2. The van der Waals surface area contributed by atoms with Crippen molar-refractivity contribution in [3.8, 4) is 0 Å². The SMILES string of the molecule is O=C(CCc1n[nH]c(=S)[nH]c1=O)NCCc1ccc(Cl)cc1Cl. The van der Waals surface area contributed by atoms with Crippen molar-refractivity contribution < 1.29 is 4.79 Å². The number of nitrogens with zero attached hydrogens (tertiary/aromatic N) is 1. The van der Waals surface area contributed by atoms with E-state index in [1.165, 1.54) is 0 Å². The van der Waals surface area contributed by atoms with E-state index < -0.39 is 0 Å². The van der Waals surface area contributed by atoms with E-state index in [1.807, 2.05) is 6.07 Å². The zero-order chi connectivity index (χ0) is 16.8. The van der Waals surface area contributed by atoms with Crippen LogP contribution in [0.5, 0.6) is 0 Å². The molecule has 0 aliphatic carbocycles. The van der Waals surface area contributed by atoms with Crippen LogP contribution in [0, 0.1) is 4.77 Å². The van der Waals surface area contributed by atoms with Gasteiger partial charge in [-0.25, -0.2) is 0 Å². The van der Waals surface area contributed by atoms with Crippen LogP contribution < -0.4 is 10.9 Å². The van der Waals surface area contributed by atoms with Gasteiger partial charge in [0, 0.05) is 29.4 Å². The summed E-state index contributed by atoms with van der Waals surface area (Å²) in [4.78, 5) is 25.8. The second kappa shape index (κ2) is 8.24. The first-order valence-electron chi connectivity index (χ1n) is 6.84. The van der Waals surface area contributed by atoms with Crippen LogP contribution in [-0.2, 0) is 17.6 Å². The number of H-pyrrole nitrogens is 2. The van der Waals surface area contributed by atoms with E-state index in [0.29, 0.717) is 23.0 Å². The number of aromatic nitrogens is 3. The molecular formula is C14H14Cl2N4O2S. The highest BCUT2D eigenvalue weighted by Crippen LogP contribution is 2.20. The third-order valence-electron chi connectivity index (χ3n) is 3.10. The minimum Gasteiger partial charge on any atom is -0.356 e. The lowest BCUT2D eigenvalue weighted by atomic mass is 10.1. The van der Waals surface area contributed by atoms with Gasteiger partial charge in [-0.3, -0.25) is 19.7 Å². The topological polar surface area (TPSA) is 90.6 Å². The summed E-state index contributed by atoms with van der Waals surface area (Å²) >= 11 is 16.6. The Labute approximate surface area is 147 Å². The summed E-state index contributed by atoms with van der Waals surface area (Å²) in [5.74, 6) is -0.168. The molecule has 1 aromatic heterocycles. The summed E-state index contributed by atoms with van der Waals surface area (Å²) in [6, 6.07) is 5.24. The molecule has 2 aromatic rings. The maximum atomic E-state index is 11.8. The fourth-order valence-corrected chi connectivity index (χ4v) is 2.56. The van der Waals surface area contributed by atoms with Gasteiger partial charge in [-0.1, -0.05) is 29.3 Å². The molecule has 0 spiro atoms. The molecule has 0 fully saturated rings. The smallest absolute Gasteiger partial charge is 0.273 e. The van der Waals surface area contributed by atoms with E-state index in [9.17, 15) is 9.59 Å². The number of carbonyl (C=O) groups is 1. The Morgan fingerprint density at radius 1 is 1.30 bits per heavy atom. The molecule has 9 heteroatoms. The Hall–Kier alpha value is -1.70. The highest BCUT2D eigenvalue weighted by atomic mass is 35.5. The molecule has 0 saturated carbocycles. The van der Waals surface area contributed by atoms with Gasteiger partial charge in [-0.2, -0.15) is 5.10 Å². The average Bonchev–Trinajstić information content (AvgIpc) is 2.48. The number of hydrogen-bond donors (Lipinski definition) is 3. The van der Waals surface area contributed by atoms with Crippen LogP contribution in [-0.4, -0.2) is 27.6 Å². The molecule has 0 aliphatic rings. The summed E-state index contributed by atoms with van der Waals surface area (Å²) < 4.78 is 0.156. The second-order valence-electron chi connectivity index (χ2n) is 4.79. The molecule has 0 unspecified atom stereocenters. The Morgan fingerprint density at radius 2 is 2.09 bits per heavy atom. The van der Waals surface area contributed by atoms with Crippen LogP contribution in [0.1, 0.15) is 17.7 Å². The lowest BCUT2D eigenvalue weighted by Crippen LogP contribution is -2.27. The predicted octanol–water partition coefficient (Wildman–Crippen LogP) is 2.43. The fourth-order valence-electron chi connectivity index (χ4n) is 1.92. The van der Waals surface area contributed by atoms with Gasteiger partial charge in [-0.05, 0) is 36.3 Å². The minimum atomic E-state index is -0.380. The van der Waals surface area contributed by atoms with Crippen LogP contribution in [0.3, 0.4) is 0 Å². The maximum absolute atomic E-state index is 11.8. The van der Waals surface area contributed by atoms with Crippen molar-refractivity contribution in [1.29, 1.82) is 0 Å². The zero-order valence-corrected chi connectivity index (χ0v) is 14.3. The number of carbonyl (C=O) groups excluding carboxylic acids is 1. The number of halogens is 2. The van der Waals surface area contributed by atoms with Crippen molar-refractivity contribution in [2.24, 2.45) is 0 Å². The summed E-state index contributed by atoms with van der Waals surface area (Å²) in [5.41, 5.74) is 0.772. The highest BCUT2D eigenvalue weighted by Gasteiger charge is 2.07. The molecule has 0 radical (unpaired) electrons. The highest BCUT2D eigenvalue weighted by molar-refractivity contribution is 7.71. The summed E-state index contributed by atoms with van der Waals surface area (Å²) in [5, 5.41) is 10.2. The molecule has 1 aromatic carbocycles. The third-order valence-corrected chi connectivity index (χ3v) is 3.88.